The maximum absolute atomic E-state index is 12.3. The highest BCUT2D eigenvalue weighted by atomic mass is 28.4. The standard InChI is InChI=1S/C36H53NO4Si/c1-23(2)32-31(33(38)25-11-13-26(14-12-25)36(8)21-40-22-36)29(24-15-17-39-18-16-24)30-27(37-32)19-35(6,7)20-28(30)41-42(9,10)34(3,4)5/h11-15,23,28,33,38H,16-22H2,1-10H3/t28?,33-/m1/s1. The first-order valence-electron chi connectivity index (χ1n) is 15.9. The normalized spacial score (nSPS) is 22.8. The second-order valence-corrected chi connectivity index (χ2v) is 20.6. The first-order chi connectivity index (χ1) is 19.5. The zero-order valence-electron chi connectivity index (χ0n) is 27.7. The molecular weight excluding hydrogens is 538 g/mol. The van der Waals surface area contributed by atoms with E-state index in [4.69, 9.17) is 18.9 Å². The van der Waals surface area contributed by atoms with E-state index >= 15 is 0 Å². The topological polar surface area (TPSA) is 60.8 Å². The van der Waals surface area contributed by atoms with Crippen LogP contribution in [-0.2, 0) is 25.7 Å². The number of aliphatic hydroxyl groups excluding tert-OH is 1. The number of aromatic nitrogens is 1. The van der Waals surface area contributed by atoms with Gasteiger partial charge in [0.15, 0.2) is 8.32 Å². The van der Waals surface area contributed by atoms with E-state index in [1.54, 1.807) is 0 Å². The first-order valence-corrected chi connectivity index (χ1v) is 18.8. The highest BCUT2D eigenvalue weighted by Gasteiger charge is 2.45. The Morgan fingerprint density at radius 3 is 2.24 bits per heavy atom. The predicted octanol–water partition coefficient (Wildman–Crippen LogP) is 8.41. The molecule has 0 spiro atoms. The van der Waals surface area contributed by atoms with Gasteiger partial charge in [-0.25, -0.2) is 0 Å². The molecular formula is C36H53NO4Si. The van der Waals surface area contributed by atoms with Crippen LogP contribution in [0.15, 0.2) is 30.3 Å². The monoisotopic (exact) mass is 591 g/mol. The molecule has 1 saturated heterocycles. The maximum Gasteiger partial charge on any atom is 0.192 e. The average Bonchev–Trinajstić information content (AvgIpc) is 2.89. The Kier molecular flexibility index (Phi) is 8.47. The number of pyridine rings is 1. The van der Waals surface area contributed by atoms with Gasteiger partial charge in [-0.15, -0.1) is 0 Å². The van der Waals surface area contributed by atoms with Crippen LogP contribution in [0.5, 0.6) is 0 Å². The van der Waals surface area contributed by atoms with E-state index in [2.05, 4.69) is 98.8 Å². The third kappa shape index (κ3) is 5.95. The van der Waals surface area contributed by atoms with Crippen molar-refractivity contribution in [1.29, 1.82) is 0 Å². The number of rotatable bonds is 7. The second kappa shape index (κ2) is 11.3. The lowest BCUT2D eigenvalue weighted by molar-refractivity contribution is -0.0500. The summed E-state index contributed by atoms with van der Waals surface area (Å²) in [5.74, 6) is 0.161. The van der Waals surface area contributed by atoms with Gasteiger partial charge in [-0.1, -0.05) is 85.7 Å². The Morgan fingerprint density at radius 1 is 1.05 bits per heavy atom. The lowest BCUT2D eigenvalue weighted by Crippen LogP contribution is -2.44. The van der Waals surface area contributed by atoms with Crippen molar-refractivity contribution in [3.05, 3.63) is 69.5 Å². The molecule has 0 bridgehead atoms. The summed E-state index contributed by atoms with van der Waals surface area (Å²) in [6.45, 7) is 25.7. The summed E-state index contributed by atoms with van der Waals surface area (Å²) in [4.78, 5) is 5.43. The van der Waals surface area contributed by atoms with Gasteiger partial charge in [0.1, 0.15) is 6.10 Å². The molecule has 1 aromatic heterocycles. The van der Waals surface area contributed by atoms with Crippen molar-refractivity contribution in [2.24, 2.45) is 5.41 Å². The van der Waals surface area contributed by atoms with Crippen LogP contribution in [0.2, 0.25) is 18.1 Å². The summed E-state index contributed by atoms with van der Waals surface area (Å²) < 4.78 is 18.6. The predicted molar refractivity (Wildman–Crippen MR) is 174 cm³/mol. The van der Waals surface area contributed by atoms with E-state index in [1.165, 1.54) is 22.3 Å². The van der Waals surface area contributed by atoms with Crippen LogP contribution in [-0.4, -0.2) is 44.8 Å². The number of fused-ring (bicyclic) bond motifs is 1. The zero-order valence-corrected chi connectivity index (χ0v) is 28.7. The molecule has 42 heavy (non-hydrogen) atoms. The molecule has 5 nitrogen and oxygen atoms in total. The van der Waals surface area contributed by atoms with Crippen LogP contribution in [0.25, 0.3) is 5.57 Å². The Balaban J connectivity index is 1.72. The second-order valence-electron chi connectivity index (χ2n) is 15.8. The van der Waals surface area contributed by atoms with Gasteiger partial charge in [0.05, 0.1) is 32.5 Å². The van der Waals surface area contributed by atoms with Crippen molar-refractivity contribution in [2.75, 3.05) is 26.4 Å². The third-order valence-electron chi connectivity index (χ3n) is 10.2. The fourth-order valence-corrected chi connectivity index (χ4v) is 7.82. The molecule has 3 aliphatic rings. The fourth-order valence-electron chi connectivity index (χ4n) is 6.55. The number of hydrogen-bond donors (Lipinski definition) is 1. The Hall–Kier alpha value is -1.83. The van der Waals surface area contributed by atoms with E-state index < -0.39 is 14.4 Å². The van der Waals surface area contributed by atoms with E-state index in [1.807, 2.05) is 0 Å². The molecule has 1 aliphatic carbocycles. The van der Waals surface area contributed by atoms with Gasteiger partial charge in [0, 0.05) is 27.9 Å². The summed E-state index contributed by atoms with van der Waals surface area (Å²) in [5, 5.41) is 12.4. The van der Waals surface area contributed by atoms with Crippen molar-refractivity contribution < 1.29 is 19.0 Å². The van der Waals surface area contributed by atoms with Crippen molar-refractivity contribution in [3.8, 4) is 0 Å². The minimum atomic E-state index is -2.11. The van der Waals surface area contributed by atoms with Gasteiger partial charge in [-0.2, -0.15) is 0 Å². The van der Waals surface area contributed by atoms with Gasteiger partial charge in [-0.05, 0) is 71.0 Å². The van der Waals surface area contributed by atoms with E-state index in [0.717, 1.165) is 55.0 Å². The minimum Gasteiger partial charge on any atom is -0.410 e. The average molecular weight is 592 g/mol. The molecule has 1 fully saturated rings. The van der Waals surface area contributed by atoms with Crippen LogP contribution >= 0.6 is 0 Å². The Labute approximate surface area is 255 Å². The molecule has 0 radical (unpaired) electrons. The Bertz CT molecular complexity index is 1330. The summed E-state index contributed by atoms with van der Waals surface area (Å²) in [6, 6.07) is 8.53. The molecule has 6 heteroatoms. The van der Waals surface area contributed by atoms with E-state index in [9.17, 15) is 5.11 Å². The lowest BCUT2D eigenvalue weighted by atomic mass is 9.71. The van der Waals surface area contributed by atoms with Gasteiger partial charge < -0.3 is 19.0 Å². The molecule has 2 aliphatic heterocycles. The molecule has 5 rings (SSSR count). The molecule has 230 valence electrons. The molecule has 0 amide bonds. The lowest BCUT2D eigenvalue weighted by Gasteiger charge is -2.45. The van der Waals surface area contributed by atoms with Crippen LogP contribution in [0, 0.1) is 5.41 Å². The summed E-state index contributed by atoms with van der Waals surface area (Å²) >= 11 is 0. The van der Waals surface area contributed by atoms with Crippen LogP contribution in [0.1, 0.15) is 126 Å². The first kappa shape index (κ1) is 31.6. The van der Waals surface area contributed by atoms with Crippen molar-refractivity contribution in [1.82, 2.24) is 4.98 Å². The molecule has 3 heterocycles. The van der Waals surface area contributed by atoms with Gasteiger partial charge >= 0.3 is 0 Å². The summed E-state index contributed by atoms with van der Waals surface area (Å²) in [6.07, 6.45) is 4.04. The zero-order chi connectivity index (χ0) is 30.7. The molecule has 1 aromatic carbocycles. The van der Waals surface area contributed by atoms with Crippen LogP contribution < -0.4 is 0 Å². The van der Waals surface area contributed by atoms with Crippen LogP contribution in [0.3, 0.4) is 0 Å². The number of hydrogen-bond acceptors (Lipinski definition) is 5. The smallest absolute Gasteiger partial charge is 0.192 e. The SMILES string of the molecule is CC(C)c1nc2c(c(C3=CCOCC3)c1[C@H](O)c1ccc(C3(C)COC3)cc1)C(O[Si](C)(C)C(C)(C)C)CC(C)(C)C2. The molecule has 2 aromatic rings. The summed E-state index contributed by atoms with van der Waals surface area (Å²) in [7, 11) is -2.11. The van der Waals surface area contributed by atoms with Gasteiger partial charge in [0.2, 0.25) is 0 Å². The molecule has 2 atom stereocenters. The van der Waals surface area contributed by atoms with E-state index in [-0.39, 0.29) is 27.9 Å². The Morgan fingerprint density at radius 2 is 1.71 bits per heavy atom. The van der Waals surface area contributed by atoms with Gasteiger partial charge in [-0.3, -0.25) is 4.98 Å². The van der Waals surface area contributed by atoms with Crippen molar-refractivity contribution >= 4 is 13.9 Å². The quantitative estimate of drug-likeness (QED) is 0.328. The highest BCUT2D eigenvalue weighted by Crippen LogP contribution is 2.51. The maximum atomic E-state index is 12.3. The van der Waals surface area contributed by atoms with Crippen molar-refractivity contribution in [2.45, 2.75) is 116 Å². The highest BCUT2D eigenvalue weighted by molar-refractivity contribution is 6.74. The number of aliphatic hydroxyl groups is 1. The fraction of sp³-hybridized carbons (Fsp3) is 0.639. The van der Waals surface area contributed by atoms with Crippen LogP contribution in [0.4, 0.5) is 0 Å². The molecule has 0 saturated carbocycles. The minimum absolute atomic E-state index is 0.0547. The number of nitrogens with zero attached hydrogens (tertiary/aromatic N) is 1. The largest absolute Gasteiger partial charge is 0.410 e. The third-order valence-corrected chi connectivity index (χ3v) is 14.7. The number of ether oxygens (including phenoxy) is 2. The summed E-state index contributed by atoms with van der Waals surface area (Å²) in [5.41, 5.74) is 9.01. The van der Waals surface area contributed by atoms with Gasteiger partial charge in [0.25, 0.3) is 0 Å². The van der Waals surface area contributed by atoms with E-state index in [0.29, 0.717) is 13.2 Å². The number of benzene rings is 1. The molecule has 1 unspecified atom stereocenters. The molecule has 1 N–H and O–H groups in total. The van der Waals surface area contributed by atoms with Crippen molar-refractivity contribution in [3.63, 3.8) is 0 Å².